The van der Waals surface area contributed by atoms with E-state index in [1.54, 1.807) is 18.2 Å². The van der Waals surface area contributed by atoms with Gasteiger partial charge < -0.3 is 14.8 Å². The van der Waals surface area contributed by atoms with Gasteiger partial charge in [0.25, 0.3) is 5.56 Å². The molecule has 0 radical (unpaired) electrons. The second-order valence-electron chi connectivity index (χ2n) is 6.51. The second-order valence-corrected chi connectivity index (χ2v) is 6.51. The van der Waals surface area contributed by atoms with Crippen molar-refractivity contribution in [2.75, 3.05) is 19.5 Å². The zero-order valence-electron chi connectivity index (χ0n) is 15.0. The molecular weight excluding hydrogens is 350 g/mol. The van der Waals surface area contributed by atoms with Crippen LogP contribution in [-0.4, -0.2) is 30.0 Å². The molecule has 1 aliphatic carbocycles. The first-order chi connectivity index (χ1) is 13.0. The fourth-order valence-corrected chi connectivity index (χ4v) is 3.94. The third-order valence-corrected chi connectivity index (χ3v) is 5.03. The van der Waals surface area contributed by atoms with E-state index >= 15 is 0 Å². The molecule has 1 aliphatic heterocycles. The monoisotopic (exact) mass is 369 g/mol. The predicted octanol–water partition coefficient (Wildman–Crippen LogP) is 1.64. The van der Waals surface area contributed by atoms with Gasteiger partial charge in [0.1, 0.15) is 5.82 Å². The minimum Gasteiger partial charge on any atom is -0.493 e. The standard InChI is InChI=1S/C19H19N3O5/c1-26-12-8-3-5-9(16(12)27-2)13-14-10(6-4-7-11(14)23)20-17-15(13)18(24)22-19(25)21-17/h3,5,8,13H,4,6-7H2,1-2H3,(H3,20,21,22,24,25). The van der Waals surface area contributed by atoms with E-state index in [9.17, 15) is 14.4 Å². The molecule has 2 heterocycles. The van der Waals surface area contributed by atoms with Crippen LogP contribution in [0.2, 0.25) is 0 Å². The molecule has 0 bridgehead atoms. The molecule has 4 rings (SSSR count). The molecule has 0 saturated carbocycles. The van der Waals surface area contributed by atoms with Gasteiger partial charge >= 0.3 is 5.69 Å². The Morgan fingerprint density at radius 3 is 2.59 bits per heavy atom. The zero-order chi connectivity index (χ0) is 19.1. The summed E-state index contributed by atoms with van der Waals surface area (Å²) in [5.74, 6) is 0.590. The Bertz CT molecular complexity index is 1080. The van der Waals surface area contributed by atoms with E-state index in [0.717, 1.165) is 12.1 Å². The van der Waals surface area contributed by atoms with Crippen molar-refractivity contribution in [3.8, 4) is 11.5 Å². The molecule has 2 aliphatic rings. The van der Waals surface area contributed by atoms with E-state index in [4.69, 9.17) is 9.47 Å². The smallest absolute Gasteiger partial charge is 0.327 e. The third-order valence-electron chi connectivity index (χ3n) is 5.03. The predicted molar refractivity (Wildman–Crippen MR) is 98.6 cm³/mol. The molecule has 1 aromatic carbocycles. The van der Waals surface area contributed by atoms with Crippen LogP contribution in [0.25, 0.3) is 0 Å². The Hall–Kier alpha value is -3.29. The topological polar surface area (TPSA) is 113 Å². The van der Waals surface area contributed by atoms with Crippen LogP contribution in [0.3, 0.4) is 0 Å². The minimum absolute atomic E-state index is 0.0186. The number of carbonyl (C=O) groups is 1. The van der Waals surface area contributed by atoms with Crippen LogP contribution in [0.5, 0.6) is 11.5 Å². The second kappa shape index (κ2) is 6.46. The number of hydrogen-bond acceptors (Lipinski definition) is 6. The number of ketones is 1. The lowest BCUT2D eigenvalue weighted by Gasteiger charge is -2.33. The fourth-order valence-electron chi connectivity index (χ4n) is 3.94. The van der Waals surface area contributed by atoms with Gasteiger partial charge in [-0.1, -0.05) is 12.1 Å². The largest absolute Gasteiger partial charge is 0.493 e. The molecule has 0 amide bonds. The first-order valence-electron chi connectivity index (χ1n) is 8.65. The molecule has 3 N–H and O–H groups in total. The highest BCUT2D eigenvalue weighted by atomic mass is 16.5. The van der Waals surface area contributed by atoms with E-state index in [1.807, 2.05) is 0 Å². The number of ether oxygens (including phenoxy) is 2. The Morgan fingerprint density at radius 1 is 1.04 bits per heavy atom. The Morgan fingerprint density at radius 2 is 1.85 bits per heavy atom. The molecule has 27 heavy (non-hydrogen) atoms. The van der Waals surface area contributed by atoms with E-state index in [0.29, 0.717) is 41.3 Å². The number of para-hydroxylation sites is 1. The lowest BCUT2D eigenvalue weighted by molar-refractivity contribution is -0.116. The SMILES string of the molecule is COc1cccc(C2C3=C(CCCC3=O)Nc3[nH]c(=O)[nH]c(=O)c32)c1OC. The summed E-state index contributed by atoms with van der Waals surface area (Å²) in [5.41, 5.74) is 1.05. The normalized spacial score (nSPS) is 18.4. The number of methoxy groups -OCH3 is 2. The van der Waals surface area contributed by atoms with E-state index in [-0.39, 0.29) is 11.3 Å². The molecule has 0 spiro atoms. The van der Waals surface area contributed by atoms with Crippen molar-refractivity contribution in [3.63, 3.8) is 0 Å². The number of fused-ring (bicyclic) bond motifs is 1. The number of hydrogen-bond donors (Lipinski definition) is 3. The Balaban J connectivity index is 2.06. The first kappa shape index (κ1) is 17.1. The van der Waals surface area contributed by atoms with Crippen molar-refractivity contribution in [3.05, 3.63) is 61.4 Å². The number of anilines is 1. The van der Waals surface area contributed by atoms with Crippen LogP contribution >= 0.6 is 0 Å². The molecular formula is C19H19N3O5. The van der Waals surface area contributed by atoms with Crippen LogP contribution in [0.4, 0.5) is 5.82 Å². The number of aromatic nitrogens is 2. The molecule has 1 aromatic heterocycles. The van der Waals surface area contributed by atoms with Crippen LogP contribution in [0, 0.1) is 0 Å². The van der Waals surface area contributed by atoms with Gasteiger partial charge in [-0.25, -0.2) is 4.79 Å². The van der Waals surface area contributed by atoms with Gasteiger partial charge in [0.2, 0.25) is 0 Å². The van der Waals surface area contributed by atoms with Crippen molar-refractivity contribution in [1.29, 1.82) is 0 Å². The lowest BCUT2D eigenvalue weighted by Crippen LogP contribution is -2.36. The maximum Gasteiger partial charge on any atom is 0.327 e. The van der Waals surface area contributed by atoms with E-state index in [1.165, 1.54) is 14.2 Å². The number of allylic oxidation sites excluding steroid dienone is 2. The molecule has 0 fully saturated rings. The van der Waals surface area contributed by atoms with Crippen LogP contribution in [0.1, 0.15) is 36.3 Å². The van der Waals surface area contributed by atoms with Gasteiger partial charge in [0.15, 0.2) is 17.3 Å². The molecule has 1 unspecified atom stereocenters. The highest BCUT2D eigenvalue weighted by Gasteiger charge is 2.39. The summed E-state index contributed by atoms with van der Waals surface area (Å²) in [4.78, 5) is 42.2. The number of Topliss-reactive ketones (excluding diaryl/α,β-unsaturated/α-hetero) is 1. The maximum absolute atomic E-state index is 12.8. The summed E-state index contributed by atoms with van der Waals surface area (Å²) < 4.78 is 10.9. The van der Waals surface area contributed by atoms with E-state index in [2.05, 4.69) is 15.3 Å². The van der Waals surface area contributed by atoms with Crippen molar-refractivity contribution >= 4 is 11.6 Å². The molecule has 8 heteroatoms. The fraction of sp³-hybridized carbons (Fsp3) is 0.316. The number of nitrogens with one attached hydrogen (secondary N) is 3. The summed E-state index contributed by atoms with van der Waals surface area (Å²) in [6.07, 6.45) is 1.80. The molecule has 140 valence electrons. The van der Waals surface area contributed by atoms with Crippen molar-refractivity contribution in [1.82, 2.24) is 9.97 Å². The number of benzene rings is 1. The molecule has 2 aromatic rings. The van der Waals surface area contributed by atoms with Gasteiger partial charge in [-0.05, 0) is 18.9 Å². The average molecular weight is 369 g/mol. The molecule has 8 nitrogen and oxygen atoms in total. The number of carbonyl (C=O) groups excluding carboxylic acids is 1. The van der Waals surface area contributed by atoms with Crippen LogP contribution < -0.4 is 26.0 Å². The van der Waals surface area contributed by atoms with Crippen molar-refractivity contribution < 1.29 is 14.3 Å². The summed E-state index contributed by atoms with van der Waals surface area (Å²) >= 11 is 0. The highest BCUT2D eigenvalue weighted by Crippen LogP contribution is 2.47. The van der Waals surface area contributed by atoms with Gasteiger partial charge in [-0.3, -0.25) is 19.6 Å². The molecule has 0 saturated heterocycles. The Labute approximate surface area is 154 Å². The Kier molecular flexibility index (Phi) is 4.10. The van der Waals surface area contributed by atoms with Gasteiger partial charge in [-0.15, -0.1) is 0 Å². The number of aromatic amines is 2. The average Bonchev–Trinajstić information content (AvgIpc) is 2.65. The van der Waals surface area contributed by atoms with Crippen LogP contribution in [0.15, 0.2) is 39.1 Å². The van der Waals surface area contributed by atoms with E-state index < -0.39 is 17.2 Å². The number of H-pyrrole nitrogens is 2. The van der Waals surface area contributed by atoms with Gasteiger partial charge in [0.05, 0.1) is 25.7 Å². The van der Waals surface area contributed by atoms with Crippen molar-refractivity contribution in [2.24, 2.45) is 0 Å². The summed E-state index contributed by atoms with van der Waals surface area (Å²) in [6, 6.07) is 5.34. The summed E-state index contributed by atoms with van der Waals surface area (Å²) in [7, 11) is 3.04. The maximum atomic E-state index is 12.8. The lowest BCUT2D eigenvalue weighted by atomic mass is 9.76. The summed E-state index contributed by atoms with van der Waals surface area (Å²) in [6.45, 7) is 0. The first-order valence-corrected chi connectivity index (χ1v) is 8.65. The van der Waals surface area contributed by atoms with Gasteiger partial charge in [0, 0.05) is 23.3 Å². The van der Waals surface area contributed by atoms with Crippen LogP contribution in [-0.2, 0) is 4.79 Å². The van der Waals surface area contributed by atoms with Gasteiger partial charge in [-0.2, -0.15) is 0 Å². The zero-order valence-corrected chi connectivity index (χ0v) is 15.0. The van der Waals surface area contributed by atoms with Crippen molar-refractivity contribution in [2.45, 2.75) is 25.2 Å². The quantitative estimate of drug-likeness (QED) is 0.758. The third kappa shape index (κ3) is 2.64. The minimum atomic E-state index is -0.658. The summed E-state index contributed by atoms with van der Waals surface area (Å²) in [5, 5.41) is 3.09. The highest BCUT2D eigenvalue weighted by molar-refractivity contribution is 6.01. The number of rotatable bonds is 3. The molecule has 1 atom stereocenters.